The zero-order chi connectivity index (χ0) is 13.0. The Balaban J connectivity index is 2.14. The molecule has 0 aliphatic carbocycles. The number of pyridine rings is 1. The molecule has 0 saturated heterocycles. The number of anilines is 2. The summed E-state index contributed by atoms with van der Waals surface area (Å²) in [6.45, 7) is 4.77. The molecule has 2 aromatic heterocycles. The van der Waals surface area contributed by atoms with Crippen molar-refractivity contribution in [3.8, 4) is 0 Å². The Hall–Kier alpha value is -2.17. The first-order valence-corrected chi connectivity index (χ1v) is 5.85. The predicted octanol–water partition coefficient (Wildman–Crippen LogP) is 2.14. The van der Waals surface area contributed by atoms with Crippen LogP contribution in [0.3, 0.4) is 0 Å². The van der Waals surface area contributed by atoms with Gasteiger partial charge in [-0.3, -0.25) is 4.98 Å². The van der Waals surface area contributed by atoms with Crippen molar-refractivity contribution in [3.63, 3.8) is 0 Å². The van der Waals surface area contributed by atoms with Gasteiger partial charge >= 0.3 is 0 Å². The molecule has 2 heterocycles. The molecule has 2 aromatic rings. The van der Waals surface area contributed by atoms with Crippen LogP contribution in [0.2, 0.25) is 0 Å². The van der Waals surface area contributed by atoms with Gasteiger partial charge in [-0.1, -0.05) is 0 Å². The van der Waals surface area contributed by atoms with Crippen LogP contribution in [-0.4, -0.2) is 22.0 Å². The molecule has 2 rings (SSSR count). The standard InChI is InChI=1S/C13H17N5/c1-9-4-5-15-6-11(9)7-16-13-10(2)12(14-3)17-8-18-13/h4-6,8H,7H2,1-3H3,(H2,14,16,17,18). The molecule has 0 aromatic carbocycles. The molecular formula is C13H17N5. The molecule has 94 valence electrons. The summed E-state index contributed by atoms with van der Waals surface area (Å²) < 4.78 is 0. The molecule has 0 amide bonds. The first kappa shape index (κ1) is 12.3. The highest BCUT2D eigenvalue weighted by Crippen LogP contribution is 2.18. The fourth-order valence-electron chi connectivity index (χ4n) is 1.74. The lowest BCUT2D eigenvalue weighted by Crippen LogP contribution is -2.07. The highest BCUT2D eigenvalue weighted by atomic mass is 15.1. The average Bonchev–Trinajstić information content (AvgIpc) is 2.39. The lowest BCUT2D eigenvalue weighted by Gasteiger charge is -2.11. The van der Waals surface area contributed by atoms with Crippen LogP contribution < -0.4 is 10.6 Å². The largest absolute Gasteiger partial charge is 0.373 e. The lowest BCUT2D eigenvalue weighted by atomic mass is 10.1. The van der Waals surface area contributed by atoms with Gasteiger partial charge in [0.1, 0.15) is 18.0 Å². The van der Waals surface area contributed by atoms with E-state index < -0.39 is 0 Å². The molecule has 0 fully saturated rings. The van der Waals surface area contributed by atoms with Crippen molar-refractivity contribution in [2.75, 3.05) is 17.7 Å². The number of nitrogens with one attached hydrogen (secondary N) is 2. The van der Waals surface area contributed by atoms with Gasteiger partial charge in [-0.05, 0) is 31.0 Å². The number of aryl methyl sites for hydroxylation is 1. The summed E-state index contributed by atoms with van der Waals surface area (Å²) in [7, 11) is 1.85. The summed E-state index contributed by atoms with van der Waals surface area (Å²) in [4.78, 5) is 12.5. The van der Waals surface area contributed by atoms with Crippen molar-refractivity contribution in [2.24, 2.45) is 0 Å². The predicted molar refractivity (Wildman–Crippen MR) is 72.6 cm³/mol. The lowest BCUT2D eigenvalue weighted by molar-refractivity contribution is 1.03. The van der Waals surface area contributed by atoms with Crippen LogP contribution >= 0.6 is 0 Å². The molecule has 0 unspecified atom stereocenters. The summed E-state index contributed by atoms with van der Waals surface area (Å²) in [5.74, 6) is 1.69. The summed E-state index contributed by atoms with van der Waals surface area (Å²) in [6, 6.07) is 2.00. The quantitative estimate of drug-likeness (QED) is 0.861. The zero-order valence-corrected chi connectivity index (χ0v) is 10.9. The molecule has 0 aliphatic heterocycles. The van der Waals surface area contributed by atoms with E-state index in [2.05, 4.69) is 32.5 Å². The van der Waals surface area contributed by atoms with Crippen LogP contribution in [0.25, 0.3) is 0 Å². The third-order valence-corrected chi connectivity index (χ3v) is 2.91. The zero-order valence-electron chi connectivity index (χ0n) is 10.9. The van der Waals surface area contributed by atoms with Crippen molar-refractivity contribution in [1.29, 1.82) is 0 Å². The van der Waals surface area contributed by atoms with E-state index in [-0.39, 0.29) is 0 Å². The Morgan fingerprint density at radius 2 is 1.94 bits per heavy atom. The number of nitrogens with zero attached hydrogens (tertiary/aromatic N) is 3. The summed E-state index contributed by atoms with van der Waals surface area (Å²) in [5.41, 5.74) is 3.40. The van der Waals surface area contributed by atoms with E-state index in [0.29, 0.717) is 6.54 Å². The van der Waals surface area contributed by atoms with Crippen molar-refractivity contribution in [2.45, 2.75) is 20.4 Å². The van der Waals surface area contributed by atoms with Gasteiger partial charge in [0.25, 0.3) is 0 Å². The maximum Gasteiger partial charge on any atom is 0.134 e. The van der Waals surface area contributed by atoms with Crippen LogP contribution in [0.15, 0.2) is 24.8 Å². The second-order valence-corrected chi connectivity index (χ2v) is 4.10. The SMILES string of the molecule is CNc1ncnc(NCc2cnccc2C)c1C. The number of hydrogen-bond acceptors (Lipinski definition) is 5. The molecule has 5 nitrogen and oxygen atoms in total. The molecular weight excluding hydrogens is 226 g/mol. The maximum absolute atomic E-state index is 4.25. The van der Waals surface area contributed by atoms with E-state index in [1.807, 2.05) is 26.2 Å². The van der Waals surface area contributed by atoms with Gasteiger partial charge in [0, 0.05) is 31.5 Å². The van der Waals surface area contributed by atoms with E-state index in [1.165, 1.54) is 11.1 Å². The van der Waals surface area contributed by atoms with Crippen molar-refractivity contribution in [3.05, 3.63) is 41.5 Å². The first-order chi connectivity index (χ1) is 8.72. The van der Waals surface area contributed by atoms with Crippen LogP contribution in [0.4, 0.5) is 11.6 Å². The van der Waals surface area contributed by atoms with Gasteiger partial charge in [-0.25, -0.2) is 9.97 Å². The third kappa shape index (κ3) is 2.56. The highest BCUT2D eigenvalue weighted by Gasteiger charge is 2.05. The van der Waals surface area contributed by atoms with E-state index in [1.54, 1.807) is 12.5 Å². The maximum atomic E-state index is 4.25. The Morgan fingerprint density at radius 3 is 2.67 bits per heavy atom. The van der Waals surface area contributed by atoms with Crippen molar-refractivity contribution in [1.82, 2.24) is 15.0 Å². The summed E-state index contributed by atoms with van der Waals surface area (Å²) in [6.07, 6.45) is 5.23. The monoisotopic (exact) mass is 243 g/mol. The van der Waals surface area contributed by atoms with Crippen molar-refractivity contribution < 1.29 is 0 Å². The minimum atomic E-state index is 0.709. The van der Waals surface area contributed by atoms with Crippen LogP contribution in [0.5, 0.6) is 0 Å². The minimum Gasteiger partial charge on any atom is -0.373 e. The Morgan fingerprint density at radius 1 is 1.17 bits per heavy atom. The molecule has 0 radical (unpaired) electrons. The fourth-order valence-corrected chi connectivity index (χ4v) is 1.74. The Kier molecular flexibility index (Phi) is 3.72. The first-order valence-electron chi connectivity index (χ1n) is 5.85. The topological polar surface area (TPSA) is 62.7 Å². The fraction of sp³-hybridized carbons (Fsp3) is 0.308. The molecule has 0 aliphatic rings. The number of rotatable bonds is 4. The third-order valence-electron chi connectivity index (χ3n) is 2.91. The minimum absolute atomic E-state index is 0.709. The molecule has 2 N–H and O–H groups in total. The smallest absolute Gasteiger partial charge is 0.134 e. The average molecular weight is 243 g/mol. The van der Waals surface area contributed by atoms with Crippen LogP contribution in [-0.2, 0) is 6.54 Å². The van der Waals surface area contributed by atoms with E-state index in [9.17, 15) is 0 Å². The molecule has 0 spiro atoms. The summed E-state index contributed by atoms with van der Waals surface area (Å²) in [5, 5.41) is 6.36. The van der Waals surface area contributed by atoms with E-state index in [0.717, 1.165) is 17.2 Å². The highest BCUT2D eigenvalue weighted by molar-refractivity contribution is 5.56. The second-order valence-electron chi connectivity index (χ2n) is 4.10. The molecule has 0 saturated carbocycles. The van der Waals surface area contributed by atoms with E-state index in [4.69, 9.17) is 0 Å². The second kappa shape index (κ2) is 5.44. The number of aromatic nitrogens is 3. The van der Waals surface area contributed by atoms with Gasteiger partial charge < -0.3 is 10.6 Å². The number of hydrogen-bond donors (Lipinski definition) is 2. The molecule has 18 heavy (non-hydrogen) atoms. The normalized spacial score (nSPS) is 10.2. The van der Waals surface area contributed by atoms with Gasteiger partial charge in [0.05, 0.1) is 0 Å². The van der Waals surface area contributed by atoms with Gasteiger partial charge in [-0.15, -0.1) is 0 Å². The Labute approximate surface area is 107 Å². The summed E-state index contributed by atoms with van der Waals surface area (Å²) >= 11 is 0. The molecule has 0 atom stereocenters. The van der Waals surface area contributed by atoms with Gasteiger partial charge in [0.15, 0.2) is 0 Å². The molecule has 0 bridgehead atoms. The van der Waals surface area contributed by atoms with Crippen LogP contribution in [0.1, 0.15) is 16.7 Å². The molecule has 5 heteroatoms. The van der Waals surface area contributed by atoms with Gasteiger partial charge in [0.2, 0.25) is 0 Å². The van der Waals surface area contributed by atoms with Crippen molar-refractivity contribution >= 4 is 11.6 Å². The Bertz CT molecular complexity index is 539. The van der Waals surface area contributed by atoms with E-state index >= 15 is 0 Å². The van der Waals surface area contributed by atoms with Gasteiger partial charge in [-0.2, -0.15) is 0 Å². The van der Waals surface area contributed by atoms with Crippen LogP contribution in [0, 0.1) is 13.8 Å².